The lowest BCUT2D eigenvalue weighted by atomic mass is 10.1. The standard InChI is InChI=1S/C6H10Br4O2/c7-1-3(9)5(11)6(12)4(10)2-8/h3-6,11-12H,1-2H2/t3-,4+,5-,6-/m1/s1. The first-order chi connectivity index (χ1) is 5.54. The Labute approximate surface area is 106 Å². The summed E-state index contributed by atoms with van der Waals surface area (Å²) in [4.78, 5) is -0.266. The molecule has 4 atom stereocenters. The van der Waals surface area contributed by atoms with E-state index in [1.54, 1.807) is 0 Å². The first-order valence-electron chi connectivity index (χ1n) is 3.30. The van der Waals surface area contributed by atoms with E-state index in [1.807, 2.05) is 0 Å². The van der Waals surface area contributed by atoms with Crippen LogP contribution >= 0.6 is 63.7 Å². The normalized spacial score (nSPS) is 21.5. The van der Waals surface area contributed by atoms with Crippen molar-refractivity contribution < 1.29 is 10.2 Å². The molecule has 0 aliphatic heterocycles. The van der Waals surface area contributed by atoms with E-state index in [9.17, 15) is 10.2 Å². The maximum Gasteiger partial charge on any atom is 0.0943 e. The molecule has 12 heavy (non-hydrogen) atoms. The third-order valence-corrected chi connectivity index (χ3v) is 6.25. The van der Waals surface area contributed by atoms with Gasteiger partial charge in [-0.3, -0.25) is 0 Å². The van der Waals surface area contributed by atoms with Gasteiger partial charge < -0.3 is 10.2 Å². The highest BCUT2D eigenvalue weighted by Gasteiger charge is 2.28. The van der Waals surface area contributed by atoms with Crippen LogP contribution in [0, 0.1) is 0 Å². The van der Waals surface area contributed by atoms with Gasteiger partial charge in [0.2, 0.25) is 0 Å². The number of halogens is 4. The molecule has 0 saturated heterocycles. The predicted octanol–water partition coefficient (Wildman–Crippen LogP) is 2.02. The molecule has 0 heterocycles. The number of aliphatic hydroxyl groups is 2. The highest BCUT2D eigenvalue weighted by Crippen LogP contribution is 2.19. The Morgan fingerprint density at radius 2 is 1.08 bits per heavy atom. The molecule has 0 rings (SSSR count). The molecule has 0 radical (unpaired) electrons. The highest BCUT2D eigenvalue weighted by atomic mass is 79.9. The fraction of sp³-hybridized carbons (Fsp3) is 1.00. The van der Waals surface area contributed by atoms with Crippen molar-refractivity contribution in [3.8, 4) is 0 Å². The van der Waals surface area contributed by atoms with Gasteiger partial charge in [-0.2, -0.15) is 0 Å². The summed E-state index contributed by atoms with van der Waals surface area (Å²) in [6, 6.07) is 0. The Morgan fingerprint density at radius 3 is 1.25 bits per heavy atom. The second kappa shape index (κ2) is 7.17. The van der Waals surface area contributed by atoms with Gasteiger partial charge in [-0.1, -0.05) is 63.7 Å². The van der Waals surface area contributed by atoms with E-state index in [0.29, 0.717) is 10.7 Å². The van der Waals surface area contributed by atoms with E-state index >= 15 is 0 Å². The molecule has 0 aromatic carbocycles. The summed E-state index contributed by atoms with van der Waals surface area (Å²) < 4.78 is 0. The van der Waals surface area contributed by atoms with Gasteiger partial charge in [0.1, 0.15) is 0 Å². The van der Waals surface area contributed by atoms with Crippen molar-refractivity contribution in [3.05, 3.63) is 0 Å². The molecule has 0 amide bonds. The lowest BCUT2D eigenvalue weighted by Gasteiger charge is -2.24. The van der Waals surface area contributed by atoms with Crippen LogP contribution in [-0.2, 0) is 0 Å². The minimum absolute atomic E-state index is 0.133. The van der Waals surface area contributed by atoms with Crippen LogP contribution in [-0.4, -0.2) is 42.7 Å². The van der Waals surface area contributed by atoms with Gasteiger partial charge in [0.25, 0.3) is 0 Å². The van der Waals surface area contributed by atoms with Crippen molar-refractivity contribution in [1.82, 2.24) is 0 Å². The molecule has 0 fully saturated rings. The molecule has 0 saturated carbocycles. The molecule has 0 bridgehead atoms. The fourth-order valence-electron chi connectivity index (χ4n) is 0.610. The summed E-state index contributed by atoms with van der Waals surface area (Å²) in [5.41, 5.74) is 0. The minimum atomic E-state index is -0.772. The summed E-state index contributed by atoms with van der Waals surface area (Å²) in [6.45, 7) is 0. The van der Waals surface area contributed by atoms with Gasteiger partial charge in [0, 0.05) is 10.7 Å². The first-order valence-corrected chi connectivity index (χ1v) is 7.38. The van der Waals surface area contributed by atoms with Gasteiger partial charge in [-0.25, -0.2) is 0 Å². The number of aliphatic hydroxyl groups excluding tert-OH is 2. The zero-order chi connectivity index (χ0) is 9.72. The second-order valence-corrected chi connectivity index (χ2v) is 5.97. The second-order valence-electron chi connectivity index (χ2n) is 2.32. The largest absolute Gasteiger partial charge is 0.389 e. The average Bonchev–Trinajstić information content (AvgIpc) is 2.12. The Bertz CT molecular complexity index is 110. The number of rotatable bonds is 5. The third kappa shape index (κ3) is 4.37. The molecule has 6 heteroatoms. The zero-order valence-electron chi connectivity index (χ0n) is 6.13. The molecule has 2 N–H and O–H groups in total. The molecule has 0 aliphatic carbocycles. The van der Waals surface area contributed by atoms with Gasteiger partial charge in [-0.05, 0) is 0 Å². The number of alkyl halides is 4. The lowest BCUT2D eigenvalue weighted by Crippen LogP contribution is -2.41. The molecular formula is C6H10Br4O2. The first kappa shape index (κ1) is 13.8. The van der Waals surface area contributed by atoms with Gasteiger partial charge >= 0.3 is 0 Å². The van der Waals surface area contributed by atoms with Crippen LogP contribution < -0.4 is 0 Å². The van der Waals surface area contributed by atoms with Crippen LogP contribution in [0.2, 0.25) is 0 Å². The van der Waals surface area contributed by atoms with E-state index in [-0.39, 0.29) is 9.65 Å². The summed E-state index contributed by atoms with van der Waals surface area (Å²) >= 11 is 12.9. The molecular weight excluding hydrogens is 424 g/mol. The van der Waals surface area contributed by atoms with Crippen LogP contribution in [0.1, 0.15) is 0 Å². The zero-order valence-corrected chi connectivity index (χ0v) is 12.5. The van der Waals surface area contributed by atoms with Gasteiger partial charge in [-0.15, -0.1) is 0 Å². The van der Waals surface area contributed by atoms with Crippen molar-refractivity contribution in [2.45, 2.75) is 21.9 Å². The number of hydrogen-bond acceptors (Lipinski definition) is 2. The van der Waals surface area contributed by atoms with Crippen LogP contribution in [0.25, 0.3) is 0 Å². The van der Waals surface area contributed by atoms with Crippen LogP contribution in [0.5, 0.6) is 0 Å². The minimum Gasteiger partial charge on any atom is -0.389 e. The van der Waals surface area contributed by atoms with Gasteiger partial charge in [0.05, 0.1) is 21.9 Å². The van der Waals surface area contributed by atoms with Gasteiger partial charge in [0.15, 0.2) is 0 Å². The van der Waals surface area contributed by atoms with Crippen molar-refractivity contribution in [2.24, 2.45) is 0 Å². The van der Waals surface area contributed by atoms with Crippen molar-refractivity contribution in [1.29, 1.82) is 0 Å². The van der Waals surface area contributed by atoms with E-state index in [4.69, 9.17) is 0 Å². The van der Waals surface area contributed by atoms with E-state index in [0.717, 1.165) is 0 Å². The topological polar surface area (TPSA) is 40.5 Å². The monoisotopic (exact) mass is 430 g/mol. The summed E-state index contributed by atoms with van der Waals surface area (Å²) in [7, 11) is 0. The summed E-state index contributed by atoms with van der Waals surface area (Å²) in [5, 5.41) is 20.2. The van der Waals surface area contributed by atoms with Crippen LogP contribution in [0.3, 0.4) is 0 Å². The molecule has 0 aromatic rings. The Morgan fingerprint density at radius 1 is 0.833 bits per heavy atom. The third-order valence-electron chi connectivity index (χ3n) is 1.39. The lowest BCUT2D eigenvalue weighted by molar-refractivity contribution is 0.0263. The molecule has 74 valence electrons. The molecule has 2 nitrogen and oxygen atoms in total. The Kier molecular flexibility index (Phi) is 8.27. The number of hydrogen-bond donors (Lipinski definition) is 2. The molecule has 0 unspecified atom stereocenters. The van der Waals surface area contributed by atoms with Crippen LogP contribution in [0.4, 0.5) is 0 Å². The Hall–Kier alpha value is 1.84. The maximum atomic E-state index is 9.51. The summed E-state index contributed by atoms with van der Waals surface area (Å²) in [6.07, 6.45) is -1.54. The van der Waals surface area contributed by atoms with E-state index in [1.165, 1.54) is 0 Å². The predicted molar refractivity (Wildman–Crippen MR) is 65.0 cm³/mol. The SMILES string of the molecule is O[C@@H]([C@H](O)[C@@H](Br)CBr)[C@H](Br)CBr. The van der Waals surface area contributed by atoms with Crippen molar-refractivity contribution >= 4 is 63.7 Å². The van der Waals surface area contributed by atoms with Crippen molar-refractivity contribution in [3.63, 3.8) is 0 Å². The molecule has 0 spiro atoms. The maximum absolute atomic E-state index is 9.51. The fourth-order valence-corrected chi connectivity index (χ4v) is 2.00. The Balaban J connectivity index is 3.99. The molecule has 0 aromatic heterocycles. The van der Waals surface area contributed by atoms with Crippen molar-refractivity contribution in [2.75, 3.05) is 10.7 Å². The van der Waals surface area contributed by atoms with E-state index < -0.39 is 12.2 Å². The highest BCUT2D eigenvalue weighted by molar-refractivity contribution is 9.12. The smallest absolute Gasteiger partial charge is 0.0943 e. The summed E-state index contributed by atoms with van der Waals surface area (Å²) in [5.74, 6) is 0. The van der Waals surface area contributed by atoms with Crippen LogP contribution in [0.15, 0.2) is 0 Å². The van der Waals surface area contributed by atoms with E-state index in [2.05, 4.69) is 63.7 Å². The average molecular weight is 434 g/mol. The molecule has 0 aliphatic rings. The quantitative estimate of drug-likeness (QED) is 0.651.